The van der Waals surface area contributed by atoms with Gasteiger partial charge in [0.25, 0.3) is 0 Å². The SMILES string of the molecule is N#CC1=NC(Cl)=CN(Cl)C1C#N. The Balaban J connectivity index is 3.05. The van der Waals surface area contributed by atoms with Crippen molar-refractivity contribution in [3.05, 3.63) is 11.4 Å². The fourth-order valence-electron chi connectivity index (χ4n) is 0.701. The molecule has 12 heavy (non-hydrogen) atoms. The van der Waals surface area contributed by atoms with Crippen LogP contribution in [0.1, 0.15) is 0 Å². The van der Waals surface area contributed by atoms with Gasteiger partial charge in [0.05, 0.1) is 12.3 Å². The summed E-state index contributed by atoms with van der Waals surface area (Å²) in [6.07, 6.45) is 1.28. The van der Waals surface area contributed by atoms with Crippen molar-refractivity contribution >= 4 is 29.1 Å². The smallest absolute Gasteiger partial charge is 0.183 e. The van der Waals surface area contributed by atoms with E-state index < -0.39 is 6.04 Å². The number of hydrogen-bond acceptors (Lipinski definition) is 4. The lowest BCUT2D eigenvalue weighted by molar-refractivity contribution is 0.603. The van der Waals surface area contributed by atoms with Crippen molar-refractivity contribution in [2.45, 2.75) is 6.04 Å². The van der Waals surface area contributed by atoms with Crippen molar-refractivity contribution in [2.75, 3.05) is 0 Å². The Hall–Kier alpha value is -1.23. The summed E-state index contributed by atoms with van der Waals surface area (Å²) in [5.41, 5.74) is 0.000000000000000444. The van der Waals surface area contributed by atoms with Gasteiger partial charge in [-0.05, 0) is 0 Å². The third-order valence-corrected chi connectivity index (χ3v) is 1.67. The molecule has 0 aromatic rings. The van der Waals surface area contributed by atoms with Gasteiger partial charge in [0.2, 0.25) is 0 Å². The molecule has 0 N–H and O–H groups in total. The van der Waals surface area contributed by atoms with E-state index in [0.29, 0.717) is 0 Å². The van der Waals surface area contributed by atoms with Crippen LogP contribution in [0.15, 0.2) is 16.3 Å². The van der Waals surface area contributed by atoms with Crippen LogP contribution >= 0.6 is 23.4 Å². The molecule has 0 fully saturated rings. The average molecular weight is 201 g/mol. The van der Waals surface area contributed by atoms with Gasteiger partial charge < -0.3 is 0 Å². The number of nitriles is 2. The highest BCUT2D eigenvalue weighted by molar-refractivity contribution is 6.32. The summed E-state index contributed by atoms with van der Waals surface area (Å²) in [5.74, 6) is 0. The minimum Gasteiger partial charge on any atom is -0.265 e. The molecule has 0 radical (unpaired) electrons. The average Bonchev–Trinajstić information content (AvgIpc) is 2.03. The Morgan fingerprint density at radius 3 is 2.75 bits per heavy atom. The van der Waals surface area contributed by atoms with Gasteiger partial charge in [-0.25, -0.2) is 4.99 Å². The summed E-state index contributed by atoms with van der Waals surface area (Å²) >= 11 is 11.1. The molecular weight excluding hydrogens is 199 g/mol. The maximum absolute atomic E-state index is 8.57. The molecule has 60 valence electrons. The molecule has 1 aliphatic heterocycles. The zero-order valence-corrected chi connectivity index (χ0v) is 7.21. The van der Waals surface area contributed by atoms with E-state index in [1.54, 1.807) is 6.07 Å². The van der Waals surface area contributed by atoms with E-state index in [9.17, 15) is 0 Å². The minimum absolute atomic E-state index is 0.000000000000000444. The van der Waals surface area contributed by atoms with Crippen molar-refractivity contribution in [3.63, 3.8) is 0 Å². The summed E-state index contributed by atoms with van der Waals surface area (Å²) in [7, 11) is 0. The van der Waals surface area contributed by atoms with Crippen LogP contribution in [-0.4, -0.2) is 16.2 Å². The van der Waals surface area contributed by atoms with Crippen LogP contribution in [0.2, 0.25) is 0 Å². The van der Waals surface area contributed by atoms with Crippen LogP contribution in [0, 0.1) is 22.7 Å². The van der Waals surface area contributed by atoms with Gasteiger partial charge in [0.15, 0.2) is 11.8 Å². The van der Waals surface area contributed by atoms with Crippen molar-refractivity contribution < 1.29 is 0 Å². The molecule has 1 heterocycles. The summed E-state index contributed by atoms with van der Waals surface area (Å²) in [6, 6.07) is 2.71. The highest BCUT2D eigenvalue weighted by Crippen LogP contribution is 2.18. The van der Waals surface area contributed by atoms with Gasteiger partial charge in [0, 0.05) is 11.8 Å². The van der Waals surface area contributed by atoms with Gasteiger partial charge >= 0.3 is 0 Å². The number of nitrogens with zero attached hydrogens (tertiary/aromatic N) is 4. The molecule has 1 rings (SSSR count). The molecule has 0 amide bonds. The molecule has 4 nitrogen and oxygen atoms in total. The number of rotatable bonds is 0. The second kappa shape index (κ2) is 3.44. The van der Waals surface area contributed by atoms with Crippen molar-refractivity contribution in [2.24, 2.45) is 4.99 Å². The fraction of sp³-hybridized carbons (Fsp3) is 0.167. The van der Waals surface area contributed by atoms with Gasteiger partial charge in [-0.15, -0.1) is 0 Å². The van der Waals surface area contributed by atoms with E-state index in [2.05, 4.69) is 4.99 Å². The molecule has 1 aliphatic rings. The van der Waals surface area contributed by atoms with Crippen LogP contribution in [0.25, 0.3) is 0 Å². The minimum atomic E-state index is -0.848. The zero-order chi connectivity index (χ0) is 9.14. The summed E-state index contributed by atoms with van der Waals surface area (Å²) < 4.78 is 1.02. The predicted molar refractivity (Wildman–Crippen MR) is 44.1 cm³/mol. The molecule has 0 aromatic heterocycles. The number of aliphatic imine (C=N–C) groups is 1. The fourth-order valence-corrected chi connectivity index (χ4v) is 1.18. The Morgan fingerprint density at radius 2 is 2.25 bits per heavy atom. The molecule has 0 bridgehead atoms. The molecule has 0 saturated heterocycles. The van der Waals surface area contributed by atoms with Crippen LogP contribution < -0.4 is 0 Å². The molecule has 0 spiro atoms. The highest BCUT2D eigenvalue weighted by Gasteiger charge is 2.24. The van der Waals surface area contributed by atoms with Crippen molar-refractivity contribution in [3.8, 4) is 12.1 Å². The molecule has 1 unspecified atom stereocenters. The first-order chi connectivity index (χ1) is 5.69. The third-order valence-electron chi connectivity index (χ3n) is 1.20. The van der Waals surface area contributed by atoms with E-state index >= 15 is 0 Å². The maximum Gasteiger partial charge on any atom is 0.183 e. The summed E-state index contributed by atoms with van der Waals surface area (Å²) in [4.78, 5) is 3.64. The van der Waals surface area contributed by atoms with E-state index in [4.69, 9.17) is 33.9 Å². The Labute approximate surface area is 79.0 Å². The molecule has 0 aromatic carbocycles. The standard InChI is InChI=1S/C6H2Cl2N4/c7-6-3-12(8)5(2-10)4(1-9)11-6/h3,5H. The first-order valence-corrected chi connectivity index (χ1v) is 3.60. The van der Waals surface area contributed by atoms with Crippen molar-refractivity contribution in [1.29, 1.82) is 10.5 Å². The van der Waals surface area contributed by atoms with Crippen LogP contribution in [0.5, 0.6) is 0 Å². The third kappa shape index (κ3) is 1.50. The lowest BCUT2D eigenvalue weighted by Gasteiger charge is -2.18. The zero-order valence-electron chi connectivity index (χ0n) is 5.70. The second-order valence-corrected chi connectivity index (χ2v) is 2.71. The maximum atomic E-state index is 8.57. The highest BCUT2D eigenvalue weighted by atomic mass is 35.5. The van der Waals surface area contributed by atoms with Gasteiger partial charge in [-0.1, -0.05) is 11.6 Å². The normalized spacial score (nSPS) is 22.0. The van der Waals surface area contributed by atoms with Crippen LogP contribution in [-0.2, 0) is 0 Å². The molecule has 0 saturated carbocycles. The molecule has 6 heteroatoms. The van der Waals surface area contributed by atoms with Crippen LogP contribution in [0.3, 0.4) is 0 Å². The summed E-state index contributed by atoms with van der Waals surface area (Å²) in [6.45, 7) is 0. The van der Waals surface area contributed by atoms with Gasteiger partial charge in [-0.2, -0.15) is 10.5 Å². The molecule has 1 atom stereocenters. The van der Waals surface area contributed by atoms with Gasteiger partial charge in [-0.3, -0.25) is 4.42 Å². The van der Waals surface area contributed by atoms with Crippen molar-refractivity contribution in [1.82, 2.24) is 4.42 Å². The van der Waals surface area contributed by atoms with E-state index in [1.807, 2.05) is 6.07 Å². The Bertz CT molecular complexity index is 332. The lowest BCUT2D eigenvalue weighted by Crippen LogP contribution is -2.31. The lowest BCUT2D eigenvalue weighted by atomic mass is 10.2. The quantitative estimate of drug-likeness (QED) is 0.438. The number of hydrogen-bond donors (Lipinski definition) is 0. The number of halogens is 2. The topological polar surface area (TPSA) is 63.2 Å². The first-order valence-electron chi connectivity index (χ1n) is 2.88. The van der Waals surface area contributed by atoms with E-state index in [0.717, 1.165) is 4.42 Å². The first kappa shape index (κ1) is 8.86. The Morgan fingerprint density at radius 1 is 1.58 bits per heavy atom. The Kier molecular flexibility index (Phi) is 2.54. The molecule has 0 aliphatic carbocycles. The van der Waals surface area contributed by atoms with Crippen LogP contribution in [0.4, 0.5) is 0 Å². The second-order valence-electron chi connectivity index (χ2n) is 1.94. The van der Waals surface area contributed by atoms with E-state index in [-0.39, 0.29) is 10.9 Å². The molecular formula is C6H2Cl2N4. The van der Waals surface area contributed by atoms with Gasteiger partial charge in [0.1, 0.15) is 11.2 Å². The predicted octanol–water partition coefficient (Wildman–Crippen LogP) is 1.35. The van der Waals surface area contributed by atoms with E-state index in [1.165, 1.54) is 6.20 Å². The summed E-state index contributed by atoms with van der Waals surface area (Å²) in [5, 5.41) is 17.2. The monoisotopic (exact) mass is 200 g/mol. The largest absolute Gasteiger partial charge is 0.265 e.